The highest BCUT2D eigenvalue weighted by molar-refractivity contribution is 6.16. The summed E-state index contributed by atoms with van der Waals surface area (Å²) in [5.74, 6) is -3.16. The number of amides is 1. The van der Waals surface area contributed by atoms with E-state index >= 15 is 0 Å². The molecule has 0 radical (unpaired) electrons. The van der Waals surface area contributed by atoms with Crippen LogP contribution in [0, 0.1) is 11.6 Å². The average Bonchev–Trinajstić information content (AvgIpc) is 3.02. The van der Waals surface area contributed by atoms with Crippen molar-refractivity contribution in [3.8, 4) is 0 Å². The molecule has 0 saturated heterocycles. The van der Waals surface area contributed by atoms with Gasteiger partial charge in [-0.2, -0.15) is 0 Å². The molecule has 0 spiro atoms. The first-order chi connectivity index (χ1) is 12.4. The van der Waals surface area contributed by atoms with Gasteiger partial charge in [0, 0.05) is 11.1 Å². The molecule has 0 saturated carbocycles. The van der Waals surface area contributed by atoms with E-state index in [1.807, 2.05) is 0 Å². The number of benzene rings is 2. The number of ether oxygens (including phenoxy) is 1. The summed E-state index contributed by atoms with van der Waals surface area (Å²) in [5, 5.41) is 2.34. The van der Waals surface area contributed by atoms with Crippen LogP contribution < -0.4 is 5.32 Å². The number of cyclic esters (lactones) is 1. The van der Waals surface area contributed by atoms with Crippen LogP contribution in [0.4, 0.5) is 8.78 Å². The number of aliphatic imine (C=N–C) groups is 1. The van der Waals surface area contributed by atoms with Crippen LogP contribution >= 0.6 is 0 Å². The largest absolute Gasteiger partial charge is 0.405 e. The van der Waals surface area contributed by atoms with Crippen LogP contribution in [0.25, 0.3) is 0 Å². The standard InChI is InChI=1S/C18H12F2N2O4/c19-12-5-1-10(2-6-12)16(24)21-9-14(23)15-18(25)26-17(22-15)11-3-7-13(20)8-4-11/h1-8,15H,9H2,(H,21,24). The van der Waals surface area contributed by atoms with E-state index in [4.69, 9.17) is 4.74 Å². The molecule has 1 unspecified atom stereocenters. The van der Waals surface area contributed by atoms with E-state index in [1.54, 1.807) is 0 Å². The minimum Gasteiger partial charge on any atom is -0.405 e. The monoisotopic (exact) mass is 358 g/mol. The second-order valence-corrected chi connectivity index (χ2v) is 5.42. The fourth-order valence-corrected chi connectivity index (χ4v) is 2.24. The summed E-state index contributed by atoms with van der Waals surface area (Å²) in [6.45, 7) is -0.448. The van der Waals surface area contributed by atoms with Gasteiger partial charge in [0.25, 0.3) is 5.91 Å². The van der Waals surface area contributed by atoms with Gasteiger partial charge in [-0.3, -0.25) is 9.59 Å². The Labute approximate surface area is 146 Å². The van der Waals surface area contributed by atoms with Gasteiger partial charge in [0.05, 0.1) is 6.54 Å². The number of esters is 1. The number of ketones is 1. The third-order valence-electron chi connectivity index (χ3n) is 3.59. The zero-order chi connectivity index (χ0) is 18.7. The number of hydrogen-bond donors (Lipinski definition) is 1. The fraction of sp³-hybridized carbons (Fsp3) is 0.111. The zero-order valence-electron chi connectivity index (χ0n) is 13.2. The molecule has 1 atom stereocenters. The van der Waals surface area contributed by atoms with Crippen LogP contribution in [0.3, 0.4) is 0 Å². The van der Waals surface area contributed by atoms with Crippen molar-refractivity contribution in [2.45, 2.75) is 6.04 Å². The molecule has 1 aliphatic rings. The molecule has 0 aromatic heterocycles. The van der Waals surface area contributed by atoms with Gasteiger partial charge < -0.3 is 10.1 Å². The molecule has 26 heavy (non-hydrogen) atoms. The van der Waals surface area contributed by atoms with Gasteiger partial charge in [0.1, 0.15) is 11.6 Å². The highest BCUT2D eigenvalue weighted by atomic mass is 19.1. The van der Waals surface area contributed by atoms with E-state index in [0.29, 0.717) is 5.56 Å². The number of hydrogen-bond acceptors (Lipinski definition) is 5. The van der Waals surface area contributed by atoms with Crippen molar-refractivity contribution in [3.63, 3.8) is 0 Å². The van der Waals surface area contributed by atoms with Gasteiger partial charge in [0.2, 0.25) is 11.9 Å². The van der Waals surface area contributed by atoms with Crippen LogP contribution in [0.5, 0.6) is 0 Å². The Kier molecular flexibility index (Phi) is 4.83. The molecule has 1 N–H and O–H groups in total. The van der Waals surface area contributed by atoms with E-state index in [-0.39, 0.29) is 11.5 Å². The van der Waals surface area contributed by atoms with Gasteiger partial charge in [0.15, 0.2) is 5.78 Å². The third kappa shape index (κ3) is 3.80. The van der Waals surface area contributed by atoms with E-state index in [9.17, 15) is 23.2 Å². The molecule has 1 aliphatic heterocycles. The SMILES string of the molecule is O=C(NCC(=O)C1N=C(c2ccc(F)cc2)OC1=O)c1ccc(F)cc1. The van der Waals surface area contributed by atoms with E-state index in [0.717, 1.165) is 12.1 Å². The molecule has 1 heterocycles. The first-order valence-electron chi connectivity index (χ1n) is 7.56. The van der Waals surface area contributed by atoms with Gasteiger partial charge >= 0.3 is 5.97 Å². The Morgan fingerprint density at radius 2 is 1.58 bits per heavy atom. The van der Waals surface area contributed by atoms with Crippen LogP contribution in [-0.4, -0.2) is 36.1 Å². The highest BCUT2D eigenvalue weighted by Crippen LogP contribution is 2.15. The van der Waals surface area contributed by atoms with Crippen molar-refractivity contribution >= 4 is 23.6 Å². The average molecular weight is 358 g/mol. The van der Waals surface area contributed by atoms with E-state index in [2.05, 4.69) is 10.3 Å². The lowest BCUT2D eigenvalue weighted by Crippen LogP contribution is -2.37. The maximum Gasteiger partial charge on any atom is 0.345 e. The van der Waals surface area contributed by atoms with Gasteiger partial charge in [-0.25, -0.2) is 18.6 Å². The Morgan fingerprint density at radius 3 is 2.19 bits per heavy atom. The van der Waals surface area contributed by atoms with Crippen molar-refractivity contribution in [3.05, 3.63) is 71.3 Å². The number of nitrogens with zero attached hydrogens (tertiary/aromatic N) is 1. The van der Waals surface area contributed by atoms with Crippen molar-refractivity contribution in [1.29, 1.82) is 0 Å². The summed E-state index contributed by atoms with van der Waals surface area (Å²) in [5.41, 5.74) is 0.522. The molecule has 8 heteroatoms. The minimum absolute atomic E-state index is 0.0850. The Bertz CT molecular complexity index is 892. The normalized spacial score (nSPS) is 16.0. The molecule has 0 bridgehead atoms. The molecule has 2 aromatic carbocycles. The van der Waals surface area contributed by atoms with Crippen molar-refractivity contribution in [2.24, 2.45) is 4.99 Å². The van der Waals surface area contributed by atoms with E-state index in [1.165, 1.54) is 36.4 Å². The van der Waals surface area contributed by atoms with Gasteiger partial charge in [-0.1, -0.05) is 0 Å². The lowest BCUT2D eigenvalue weighted by atomic mass is 10.1. The summed E-state index contributed by atoms with van der Waals surface area (Å²) < 4.78 is 30.7. The molecule has 0 fully saturated rings. The molecule has 3 rings (SSSR count). The number of Topliss-reactive ketones (excluding diaryl/α,β-unsaturated/α-hetero) is 1. The number of nitrogens with one attached hydrogen (secondary N) is 1. The molecular weight excluding hydrogens is 346 g/mol. The molecule has 6 nitrogen and oxygen atoms in total. The predicted molar refractivity (Wildman–Crippen MR) is 86.6 cm³/mol. The lowest BCUT2D eigenvalue weighted by Gasteiger charge is -2.06. The smallest absolute Gasteiger partial charge is 0.345 e. The maximum atomic E-state index is 12.9. The first kappa shape index (κ1) is 17.4. The lowest BCUT2D eigenvalue weighted by molar-refractivity contribution is -0.138. The van der Waals surface area contributed by atoms with Crippen molar-refractivity contribution < 1.29 is 27.9 Å². The minimum atomic E-state index is -1.40. The van der Waals surface area contributed by atoms with Crippen molar-refractivity contribution in [2.75, 3.05) is 6.54 Å². The third-order valence-corrected chi connectivity index (χ3v) is 3.59. The summed E-state index contributed by atoms with van der Waals surface area (Å²) in [6.07, 6.45) is 0. The second kappa shape index (κ2) is 7.22. The zero-order valence-corrected chi connectivity index (χ0v) is 13.2. The maximum absolute atomic E-state index is 12.9. The van der Waals surface area contributed by atoms with Gasteiger partial charge in [-0.05, 0) is 48.5 Å². The Hall–Kier alpha value is -3.42. The molecule has 1 amide bonds. The first-order valence-corrected chi connectivity index (χ1v) is 7.56. The molecule has 2 aromatic rings. The van der Waals surface area contributed by atoms with Crippen LogP contribution in [0.15, 0.2) is 53.5 Å². The topological polar surface area (TPSA) is 84.8 Å². The van der Waals surface area contributed by atoms with Crippen LogP contribution in [-0.2, 0) is 14.3 Å². The summed E-state index contributed by atoms with van der Waals surface area (Å²) in [7, 11) is 0. The van der Waals surface area contributed by atoms with Crippen LogP contribution in [0.1, 0.15) is 15.9 Å². The Morgan fingerprint density at radius 1 is 1.00 bits per heavy atom. The quantitative estimate of drug-likeness (QED) is 0.650. The number of halogens is 2. The van der Waals surface area contributed by atoms with Crippen molar-refractivity contribution in [1.82, 2.24) is 5.32 Å². The summed E-state index contributed by atoms with van der Waals surface area (Å²) in [4.78, 5) is 39.8. The number of carbonyl (C=O) groups excluding carboxylic acids is 3. The second-order valence-electron chi connectivity index (χ2n) is 5.42. The van der Waals surface area contributed by atoms with E-state index < -0.39 is 41.9 Å². The fourth-order valence-electron chi connectivity index (χ4n) is 2.24. The molecule has 132 valence electrons. The van der Waals surface area contributed by atoms with Gasteiger partial charge in [-0.15, -0.1) is 0 Å². The molecule has 0 aliphatic carbocycles. The predicted octanol–water partition coefficient (Wildman–Crippen LogP) is 1.64. The summed E-state index contributed by atoms with van der Waals surface area (Å²) in [6, 6.07) is 8.44. The highest BCUT2D eigenvalue weighted by Gasteiger charge is 2.35. The summed E-state index contributed by atoms with van der Waals surface area (Å²) >= 11 is 0. The Balaban J connectivity index is 1.63. The number of rotatable bonds is 5. The van der Waals surface area contributed by atoms with Crippen LogP contribution in [0.2, 0.25) is 0 Å². The molecular formula is C18H12F2N2O4. The number of carbonyl (C=O) groups is 3.